The first kappa shape index (κ1) is 13.1. The average molecular weight is 251 g/mol. The van der Waals surface area contributed by atoms with Gasteiger partial charge >= 0.3 is 0 Å². The quantitative estimate of drug-likeness (QED) is 0.337. The van der Waals surface area contributed by atoms with E-state index in [1.54, 1.807) is 0 Å². The molecule has 5 nitrogen and oxygen atoms in total. The molecule has 90 valence electrons. The van der Waals surface area contributed by atoms with Gasteiger partial charge in [-0.25, -0.2) is 19.6 Å². The number of aliphatic hydroxyl groups excluding tert-OH is 2. The zero-order valence-electron chi connectivity index (χ0n) is 8.15. The molecule has 0 fully saturated rings. The molecule has 1 heterocycles. The molecule has 16 heavy (non-hydrogen) atoms. The minimum absolute atomic E-state index is 0.0517. The fourth-order valence-corrected chi connectivity index (χ4v) is 1.69. The number of halogens is 2. The summed E-state index contributed by atoms with van der Waals surface area (Å²) in [6.45, 7) is -0.433. The summed E-state index contributed by atoms with van der Waals surface area (Å²) in [5.41, 5.74) is 1.99. The van der Waals surface area contributed by atoms with Crippen molar-refractivity contribution in [3.63, 3.8) is 0 Å². The number of anilines is 1. The molecule has 0 aliphatic carbocycles. The summed E-state index contributed by atoms with van der Waals surface area (Å²) in [6, 6.07) is 0.649. The Morgan fingerprint density at radius 1 is 1.50 bits per heavy atom. The first-order valence-corrected chi connectivity index (χ1v) is 5.31. The molecule has 5 N–H and O–H groups in total. The third kappa shape index (κ3) is 3.27. The van der Waals surface area contributed by atoms with Gasteiger partial charge < -0.3 is 15.6 Å². The highest BCUT2D eigenvalue weighted by Crippen LogP contribution is 2.23. The Labute approximate surface area is 94.6 Å². The number of hydrogen-bond acceptors (Lipinski definition) is 6. The Bertz CT molecular complexity index is 367. The van der Waals surface area contributed by atoms with Crippen LogP contribution in [0.25, 0.3) is 0 Å². The number of pyridine rings is 1. The van der Waals surface area contributed by atoms with Crippen molar-refractivity contribution in [3.8, 4) is 0 Å². The summed E-state index contributed by atoms with van der Waals surface area (Å²) in [5, 5.41) is 17.5. The predicted molar refractivity (Wildman–Crippen MR) is 55.8 cm³/mol. The highest BCUT2D eigenvalue weighted by Gasteiger charge is 2.13. The maximum atomic E-state index is 13.2. The number of nitrogens with zero attached hydrogens (tertiary/aromatic N) is 1. The van der Waals surface area contributed by atoms with Gasteiger partial charge in [0, 0.05) is 11.8 Å². The first-order chi connectivity index (χ1) is 7.58. The van der Waals surface area contributed by atoms with Crippen LogP contribution in [0.1, 0.15) is 0 Å². The second kappa shape index (κ2) is 5.94. The van der Waals surface area contributed by atoms with Crippen LogP contribution in [0, 0.1) is 11.6 Å². The van der Waals surface area contributed by atoms with Crippen molar-refractivity contribution in [3.05, 3.63) is 17.7 Å². The Hall–Kier alpha value is -0.960. The van der Waals surface area contributed by atoms with Crippen molar-refractivity contribution < 1.29 is 19.0 Å². The maximum Gasteiger partial charge on any atom is 0.177 e. The fourth-order valence-electron chi connectivity index (χ4n) is 0.880. The molecule has 0 saturated carbocycles. The van der Waals surface area contributed by atoms with Crippen LogP contribution < -0.4 is 11.3 Å². The second-order valence-electron chi connectivity index (χ2n) is 2.90. The van der Waals surface area contributed by atoms with Crippen molar-refractivity contribution in [2.45, 2.75) is 11.1 Å². The Morgan fingerprint density at radius 3 is 2.75 bits per heavy atom. The third-order valence-electron chi connectivity index (χ3n) is 1.66. The summed E-state index contributed by atoms with van der Waals surface area (Å²) in [6.07, 6.45) is -0.981. The highest BCUT2D eigenvalue weighted by molar-refractivity contribution is 7.99. The number of thioether (sulfide) groups is 1. The van der Waals surface area contributed by atoms with Gasteiger partial charge in [-0.1, -0.05) is 0 Å². The molecule has 1 atom stereocenters. The van der Waals surface area contributed by atoms with Crippen molar-refractivity contribution >= 4 is 17.6 Å². The predicted octanol–water partition coefficient (Wildman–Crippen LogP) is 0.0907. The zero-order chi connectivity index (χ0) is 12.1. The second-order valence-corrected chi connectivity index (χ2v) is 3.91. The van der Waals surface area contributed by atoms with Crippen molar-refractivity contribution in [1.82, 2.24) is 4.98 Å². The van der Waals surface area contributed by atoms with E-state index in [-0.39, 0.29) is 16.6 Å². The molecule has 0 radical (unpaired) electrons. The zero-order valence-corrected chi connectivity index (χ0v) is 8.97. The maximum absolute atomic E-state index is 13.2. The summed E-state index contributed by atoms with van der Waals surface area (Å²) >= 11 is 0.860. The molecular weight excluding hydrogens is 240 g/mol. The van der Waals surface area contributed by atoms with Gasteiger partial charge in [-0.05, 0) is 0 Å². The molecule has 0 aromatic carbocycles. The summed E-state index contributed by atoms with van der Waals surface area (Å²) < 4.78 is 26.1. The summed E-state index contributed by atoms with van der Waals surface area (Å²) in [7, 11) is 0. The lowest BCUT2D eigenvalue weighted by atomic mass is 10.4. The minimum Gasteiger partial charge on any atom is -0.394 e. The number of nitrogen functional groups attached to an aromatic ring is 1. The van der Waals surface area contributed by atoms with Crippen LogP contribution in [0.5, 0.6) is 0 Å². The standard InChI is InChI=1S/C8H11F2N3O2S/c9-5-1-6(10)8(12-7(5)13-11)16-3-4(15)2-14/h1,4,14-15H,2-3,11H2,(H,12,13). The van der Waals surface area contributed by atoms with Crippen LogP contribution in [-0.4, -0.2) is 33.7 Å². The van der Waals surface area contributed by atoms with E-state index in [2.05, 4.69) is 4.98 Å². The van der Waals surface area contributed by atoms with Crippen LogP contribution in [0.3, 0.4) is 0 Å². The lowest BCUT2D eigenvalue weighted by Gasteiger charge is -2.08. The number of aromatic nitrogens is 1. The third-order valence-corrected chi connectivity index (χ3v) is 2.77. The molecule has 1 aromatic rings. The number of nitrogens with two attached hydrogens (primary N) is 1. The summed E-state index contributed by atoms with van der Waals surface area (Å²) in [4.78, 5) is 3.58. The summed E-state index contributed by atoms with van der Waals surface area (Å²) in [5.74, 6) is 3.02. The van der Waals surface area contributed by atoms with Crippen LogP contribution in [0.15, 0.2) is 11.1 Å². The SMILES string of the molecule is NNc1nc(SCC(O)CO)c(F)cc1F. The number of rotatable bonds is 5. The molecule has 0 aliphatic rings. The van der Waals surface area contributed by atoms with Gasteiger partial charge in [0.05, 0.1) is 12.7 Å². The van der Waals surface area contributed by atoms with E-state index >= 15 is 0 Å². The Kier molecular flexibility index (Phi) is 4.87. The Morgan fingerprint density at radius 2 is 2.19 bits per heavy atom. The number of nitrogens with one attached hydrogen (secondary N) is 1. The normalized spacial score (nSPS) is 12.6. The van der Waals surface area contributed by atoms with E-state index in [4.69, 9.17) is 16.1 Å². The lowest BCUT2D eigenvalue weighted by molar-refractivity contribution is 0.113. The average Bonchev–Trinajstić information content (AvgIpc) is 2.27. The van der Waals surface area contributed by atoms with Gasteiger partial charge in [-0.3, -0.25) is 0 Å². The van der Waals surface area contributed by atoms with Gasteiger partial charge in [0.25, 0.3) is 0 Å². The molecule has 0 aliphatic heterocycles. The molecule has 8 heteroatoms. The van der Waals surface area contributed by atoms with E-state index in [1.165, 1.54) is 0 Å². The molecular formula is C8H11F2N3O2S. The van der Waals surface area contributed by atoms with Crippen LogP contribution in [0.4, 0.5) is 14.6 Å². The molecule has 0 saturated heterocycles. The minimum atomic E-state index is -0.981. The van der Waals surface area contributed by atoms with Gasteiger partial charge in [-0.15, -0.1) is 11.8 Å². The lowest BCUT2D eigenvalue weighted by Crippen LogP contribution is -2.15. The number of aliphatic hydroxyl groups is 2. The van der Waals surface area contributed by atoms with Crippen LogP contribution >= 0.6 is 11.8 Å². The first-order valence-electron chi connectivity index (χ1n) is 4.32. The highest BCUT2D eigenvalue weighted by atomic mass is 32.2. The fraction of sp³-hybridized carbons (Fsp3) is 0.375. The Balaban J connectivity index is 2.79. The number of hydrazine groups is 1. The van der Waals surface area contributed by atoms with Gasteiger partial charge in [0.2, 0.25) is 0 Å². The smallest absolute Gasteiger partial charge is 0.177 e. The molecule has 1 unspecified atom stereocenters. The van der Waals surface area contributed by atoms with E-state index < -0.39 is 24.3 Å². The molecule has 0 spiro atoms. The van der Waals surface area contributed by atoms with Gasteiger partial charge in [0.15, 0.2) is 17.5 Å². The van der Waals surface area contributed by atoms with E-state index in [0.29, 0.717) is 6.07 Å². The molecule has 1 rings (SSSR count). The number of hydrogen-bond donors (Lipinski definition) is 4. The van der Waals surface area contributed by atoms with Crippen LogP contribution in [-0.2, 0) is 0 Å². The topological polar surface area (TPSA) is 91.4 Å². The monoisotopic (exact) mass is 251 g/mol. The molecule has 0 amide bonds. The van der Waals surface area contributed by atoms with Crippen molar-refractivity contribution in [1.29, 1.82) is 0 Å². The van der Waals surface area contributed by atoms with E-state index in [0.717, 1.165) is 11.8 Å². The van der Waals surface area contributed by atoms with Crippen LogP contribution in [0.2, 0.25) is 0 Å². The van der Waals surface area contributed by atoms with Gasteiger partial charge in [-0.2, -0.15) is 0 Å². The van der Waals surface area contributed by atoms with Crippen molar-refractivity contribution in [2.75, 3.05) is 17.8 Å². The van der Waals surface area contributed by atoms with E-state index in [9.17, 15) is 8.78 Å². The van der Waals surface area contributed by atoms with Gasteiger partial charge in [0.1, 0.15) is 5.03 Å². The van der Waals surface area contributed by atoms with Crippen molar-refractivity contribution in [2.24, 2.45) is 5.84 Å². The molecule has 1 aromatic heterocycles. The largest absolute Gasteiger partial charge is 0.394 e. The molecule has 0 bridgehead atoms. The van der Waals surface area contributed by atoms with E-state index in [1.807, 2.05) is 5.43 Å².